The minimum Gasteiger partial charge on any atom is -0.380 e. The van der Waals surface area contributed by atoms with Gasteiger partial charge in [0.2, 0.25) is 0 Å². The second-order valence-electron chi connectivity index (χ2n) is 4.36. The van der Waals surface area contributed by atoms with E-state index in [4.69, 9.17) is 11.6 Å². The van der Waals surface area contributed by atoms with Crippen molar-refractivity contribution in [1.82, 2.24) is 0 Å². The molecule has 0 aromatic heterocycles. The highest BCUT2D eigenvalue weighted by Gasteiger charge is 2.13. The molecule has 104 valence electrons. The number of aryl methyl sites for hydroxylation is 1. The Morgan fingerprint density at radius 2 is 2.10 bits per heavy atom. The predicted octanol–water partition coefficient (Wildman–Crippen LogP) is 4.93. The summed E-state index contributed by atoms with van der Waals surface area (Å²) in [6.45, 7) is 2.31. The van der Waals surface area contributed by atoms with Crippen molar-refractivity contribution in [2.24, 2.45) is 0 Å². The molecule has 0 bridgehead atoms. The van der Waals surface area contributed by atoms with Gasteiger partial charge in [0.15, 0.2) is 0 Å². The maximum atomic E-state index is 10.9. The van der Waals surface area contributed by atoms with Crippen LogP contribution in [0.3, 0.4) is 0 Å². The summed E-state index contributed by atoms with van der Waals surface area (Å²) in [6.07, 6.45) is 0. The van der Waals surface area contributed by atoms with Crippen molar-refractivity contribution in [1.29, 1.82) is 0 Å². The van der Waals surface area contributed by atoms with E-state index in [1.54, 1.807) is 13.0 Å². The van der Waals surface area contributed by atoms with Crippen LogP contribution in [0.4, 0.5) is 11.4 Å². The fraction of sp³-hybridized carbons (Fsp3) is 0.143. The summed E-state index contributed by atoms with van der Waals surface area (Å²) in [5.41, 5.74) is 2.57. The Morgan fingerprint density at radius 3 is 2.75 bits per heavy atom. The van der Waals surface area contributed by atoms with Crippen LogP contribution < -0.4 is 5.32 Å². The predicted molar refractivity (Wildman–Crippen MR) is 84.3 cm³/mol. The SMILES string of the molecule is Cc1cc(NCc2cccc(Cl)c2)c(Br)cc1[N+](=O)[O-]. The zero-order chi connectivity index (χ0) is 14.7. The third kappa shape index (κ3) is 3.49. The molecule has 4 nitrogen and oxygen atoms in total. The molecule has 2 aromatic carbocycles. The third-order valence-corrected chi connectivity index (χ3v) is 3.75. The summed E-state index contributed by atoms with van der Waals surface area (Å²) >= 11 is 9.27. The second kappa shape index (κ2) is 6.24. The standard InChI is InChI=1S/C14H12BrClN2O2/c1-9-5-13(12(15)7-14(9)18(19)20)17-8-10-3-2-4-11(16)6-10/h2-7,17H,8H2,1H3. The van der Waals surface area contributed by atoms with Crippen molar-refractivity contribution < 1.29 is 4.92 Å². The fourth-order valence-electron chi connectivity index (χ4n) is 1.85. The molecule has 0 radical (unpaired) electrons. The van der Waals surface area contributed by atoms with Crippen LogP contribution in [-0.4, -0.2) is 4.92 Å². The van der Waals surface area contributed by atoms with E-state index in [1.165, 1.54) is 6.07 Å². The van der Waals surface area contributed by atoms with Gasteiger partial charge in [-0.25, -0.2) is 0 Å². The van der Waals surface area contributed by atoms with E-state index in [2.05, 4.69) is 21.2 Å². The van der Waals surface area contributed by atoms with Crippen LogP contribution in [0.5, 0.6) is 0 Å². The minimum atomic E-state index is -0.388. The van der Waals surface area contributed by atoms with Gasteiger partial charge in [0, 0.05) is 33.4 Å². The lowest BCUT2D eigenvalue weighted by molar-refractivity contribution is -0.385. The molecule has 0 aliphatic heterocycles. The molecule has 0 unspecified atom stereocenters. The number of hydrogen-bond donors (Lipinski definition) is 1. The number of rotatable bonds is 4. The summed E-state index contributed by atoms with van der Waals surface area (Å²) in [5.74, 6) is 0. The second-order valence-corrected chi connectivity index (χ2v) is 5.65. The molecule has 20 heavy (non-hydrogen) atoms. The van der Waals surface area contributed by atoms with Gasteiger partial charge < -0.3 is 5.32 Å². The maximum Gasteiger partial charge on any atom is 0.273 e. The van der Waals surface area contributed by atoms with Crippen LogP contribution in [-0.2, 0) is 6.54 Å². The van der Waals surface area contributed by atoms with Crippen LogP contribution in [0.2, 0.25) is 5.02 Å². The lowest BCUT2D eigenvalue weighted by Crippen LogP contribution is -2.01. The van der Waals surface area contributed by atoms with Gasteiger partial charge in [0.25, 0.3) is 5.69 Å². The topological polar surface area (TPSA) is 55.2 Å². The number of hydrogen-bond acceptors (Lipinski definition) is 3. The average Bonchev–Trinajstić information content (AvgIpc) is 2.39. The number of nitrogens with zero attached hydrogens (tertiary/aromatic N) is 1. The zero-order valence-electron chi connectivity index (χ0n) is 10.7. The van der Waals surface area contributed by atoms with Gasteiger partial charge in [0.1, 0.15) is 0 Å². The van der Waals surface area contributed by atoms with Gasteiger partial charge >= 0.3 is 0 Å². The Labute approximate surface area is 130 Å². The first-order chi connectivity index (χ1) is 9.47. The van der Waals surface area contributed by atoms with Crippen LogP contribution in [0.1, 0.15) is 11.1 Å². The smallest absolute Gasteiger partial charge is 0.273 e. The number of anilines is 1. The summed E-state index contributed by atoms with van der Waals surface area (Å²) in [4.78, 5) is 10.5. The van der Waals surface area contributed by atoms with E-state index in [0.29, 0.717) is 21.6 Å². The Balaban J connectivity index is 2.18. The molecule has 0 aliphatic rings. The molecule has 0 saturated carbocycles. The Hall–Kier alpha value is -1.59. The number of benzene rings is 2. The summed E-state index contributed by atoms with van der Waals surface area (Å²) in [5, 5.41) is 14.8. The van der Waals surface area contributed by atoms with Crippen molar-refractivity contribution in [2.45, 2.75) is 13.5 Å². The summed E-state index contributed by atoms with van der Waals surface area (Å²) in [6, 6.07) is 10.8. The average molecular weight is 356 g/mol. The van der Waals surface area contributed by atoms with E-state index in [0.717, 1.165) is 11.3 Å². The molecule has 0 spiro atoms. The highest BCUT2D eigenvalue weighted by molar-refractivity contribution is 9.10. The molecule has 0 amide bonds. The van der Waals surface area contributed by atoms with Crippen LogP contribution in [0.15, 0.2) is 40.9 Å². The third-order valence-electron chi connectivity index (χ3n) is 2.85. The number of nitro groups is 1. The van der Waals surface area contributed by atoms with Crippen molar-refractivity contribution in [3.63, 3.8) is 0 Å². The zero-order valence-corrected chi connectivity index (χ0v) is 13.0. The molecule has 0 heterocycles. The molecule has 2 rings (SSSR count). The molecule has 6 heteroatoms. The summed E-state index contributed by atoms with van der Waals surface area (Å²) < 4.78 is 0.664. The first-order valence-corrected chi connectivity index (χ1v) is 7.07. The molecule has 2 aromatic rings. The van der Waals surface area contributed by atoms with Gasteiger partial charge in [-0.3, -0.25) is 10.1 Å². The van der Waals surface area contributed by atoms with Crippen molar-refractivity contribution in [3.8, 4) is 0 Å². The lowest BCUT2D eigenvalue weighted by Gasteiger charge is -2.10. The molecule has 0 atom stereocenters. The van der Waals surface area contributed by atoms with Crippen LogP contribution >= 0.6 is 27.5 Å². The number of halogens is 2. The van der Waals surface area contributed by atoms with Gasteiger partial charge in [-0.05, 0) is 46.6 Å². The van der Waals surface area contributed by atoms with Crippen molar-refractivity contribution in [3.05, 3.63) is 67.1 Å². The summed E-state index contributed by atoms with van der Waals surface area (Å²) in [7, 11) is 0. The highest BCUT2D eigenvalue weighted by atomic mass is 79.9. The monoisotopic (exact) mass is 354 g/mol. The molecule has 1 N–H and O–H groups in total. The molecular weight excluding hydrogens is 344 g/mol. The first kappa shape index (κ1) is 14.8. The molecule has 0 saturated heterocycles. The number of nitro benzene ring substituents is 1. The van der Waals surface area contributed by atoms with E-state index in [-0.39, 0.29) is 10.6 Å². The minimum absolute atomic E-state index is 0.102. The van der Waals surface area contributed by atoms with Gasteiger partial charge in [-0.2, -0.15) is 0 Å². The number of nitrogens with one attached hydrogen (secondary N) is 1. The normalized spacial score (nSPS) is 10.3. The van der Waals surface area contributed by atoms with Crippen LogP contribution in [0.25, 0.3) is 0 Å². The van der Waals surface area contributed by atoms with Crippen molar-refractivity contribution >= 4 is 38.9 Å². The van der Waals surface area contributed by atoms with E-state index >= 15 is 0 Å². The van der Waals surface area contributed by atoms with Crippen LogP contribution in [0, 0.1) is 17.0 Å². The Morgan fingerprint density at radius 1 is 1.35 bits per heavy atom. The fourth-order valence-corrected chi connectivity index (χ4v) is 2.53. The molecule has 0 fully saturated rings. The quantitative estimate of drug-likeness (QED) is 0.625. The molecular formula is C14H12BrClN2O2. The Bertz CT molecular complexity index is 662. The van der Waals surface area contributed by atoms with Gasteiger partial charge in [-0.15, -0.1) is 0 Å². The van der Waals surface area contributed by atoms with E-state index in [1.807, 2.05) is 24.3 Å². The van der Waals surface area contributed by atoms with Crippen molar-refractivity contribution in [2.75, 3.05) is 5.32 Å². The lowest BCUT2D eigenvalue weighted by atomic mass is 10.1. The van der Waals surface area contributed by atoms with Gasteiger partial charge in [0.05, 0.1) is 4.92 Å². The first-order valence-electron chi connectivity index (χ1n) is 5.90. The maximum absolute atomic E-state index is 10.9. The highest BCUT2D eigenvalue weighted by Crippen LogP contribution is 2.31. The van der Waals surface area contributed by atoms with E-state index in [9.17, 15) is 10.1 Å². The van der Waals surface area contributed by atoms with E-state index < -0.39 is 0 Å². The van der Waals surface area contributed by atoms with Gasteiger partial charge in [-0.1, -0.05) is 23.7 Å². The largest absolute Gasteiger partial charge is 0.380 e. The Kier molecular flexibility index (Phi) is 4.62. The molecule has 0 aliphatic carbocycles.